The standard InChI is InChI=1S/C12H24N2O2/c1-9(7-12(16)13-2)14-8-11(15)10-5-3-4-6-10/h9-11,14-15H,3-8H2,1-2H3,(H,13,16). The molecule has 0 aromatic carbocycles. The minimum Gasteiger partial charge on any atom is -0.392 e. The molecule has 1 aliphatic carbocycles. The molecule has 3 N–H and O–H groups in total. The van der Waals surface area contributed by atoms with Crippen LogP contribution in [0, 0.1) is 5.92 Å². The van der Waals surface area contributed by atoms with Crippen LogP contribution < -0.4 is 10.6 Å². The zero-order valence-corrected chi connectivity index (χ0v) is 10.3. The van der Waals surface area contributed by atoms with Gasteiger partial charge in [-0.15, -0.1) is 0 Å². The number of carbonyl (C=O) groups is 1. The van der Waals surface area contributed by atoms with Crippen LogP contribution in [0.5, 0.6) is 0 Å². The largest absolute Gasteiger partial charge is 0.392 e. The molecule has 16 heavy (non-hydrogen) atoms. The molecule has 94 valence electrons. The average Bonchev–Trinajstić information content (AvgIpc) is 2.79. The van der Waals surface area contributed by atoms with Crippen LogP contribution in [-0.2, 0) is 4.79 Å². The van der Waals surface area contributed by atoms with Crippen LogP contribution >= 0.6 is 0 Å². The quantitative estimate of drug-likeness (QED) is 0.625. The molecular formula is C12H24N2O2. The van der Waals surface area contributed by atoms with Crippen LogP contribution in [0.1, 0.15) is 39.0 Å². The predicted octanol–water partition coefficient (Wildman–Crippen LogP) is 0.652. The number of carbonyl (C=O) groups excluding carboxylic acids is 1. The van der Waals surface area contributed by atoms with Crippen molar-refractivity contribution in [2.45, 2.75) is 51.2 Å². The molecule has 4 heteroatoms. The van der Waals surface area contributed by atoms with E-state index in [1.54, 1.807) is 7.05 Å². The van der Waals surface area contributed by atoms with E-state index in [1.165, 1.54) is 12.8 Å². The van der Waals surface area contributed by atoms with Gasteiger partial charge < -0.3 is 15.7 Å². The van der Waals surface area contributed by atoms with Gasteiger partial charge in [-0.25, -0.2) is 0 Å². The van der Waals surface area contributed by atoms with Crippen molar-refractivity contribution in [3.63, 3.8) is 0 Å². The summed E-state index contributed by atoms with van der Waals surface area (Å²) in [5.41, 5.74) is 0. The van der Waals surface area contributed by atoms with Crippen molar-refractivity contribution >= 4 is 5.91 Å². The molecule has 1 aliphatic rings. The Morgan fingerprint density at radius 1 is 1.44 bits per heavy atom. The average molecular weight is 228 g/mol. The van der Waals surface area contributed by atoms with E-state index in [4.69, 9.17) is 0 Å². The van der Waals surface area contributed by atoms with Crippen LogP contribution in [0.4, 0.5) is 0 Å². The van der Waals surface area contributed by atoms with Crippen molar-refractivity contribution in [3.05, 3.63) is 0 Å². The summed E-state index contributed by atoms with van der Waals surface area (Å²) in [6.07, 6.45) is 4.99. The van der Waals surface area contributed by atoms with E-state index >= 15 is 0 Å². The third-order valence-corrected chi connectivity index (χ3v) is 3.39. The number of hydrogen-bond acceptors (Lipinski definition) is 3. The number of aliphatic hydroxyl groups excluding tert-OH is 1. The fourth-order valence-corrected chi connectivity index (χ4v) is 2.28. The summed E-state index contributed by atoms with van der Waals surface area (Å²) in [6, 6.07) is 0.121. The number of amides is 1. The fraction of sp³-hybridized carbons (Fsp3) is 0.917. The van der Waals surface area contributed by atoms with Crippen LogP contribution in [-0.4, -0.2) is 36.8 Å². The van der Waals surface area contributed by atoms with E-state index in [0.717, 1.165) is 12.8 Å². The van der Waals surface area contributed by atoms with Gasteiger partial charge in [-0.3, -0.25) is 4.79 Å². The highest BCUT2D eigenvalue weighted by Gasteiger charge is 2.23. The Labute approximate surface area is 97.8 Å². The molecular weight excluding hydrogens is 204 g/mol. The van der Waals surface area contributed by atoms with Crippen molar-refractivity contribution in [1.82, 2.24) is 10.6 Å². The lowest BCUT2D eigenvalue weighted by Gasteiger charge is -2.20. The molecule has 0 aliphatic heterocycles. The molecule has 1 amide bonds. The molecule has 0 aromatic heterocycles. The summed E-state index contributed by atoms with van der Waals surface area (Å²) in [6.45, 7) is 2.57. The zero-order valence-electron chi connectivity index (χ0n) is 10.3. The van der Waals surface area contributed by atoms with Gasteiger partial charge in [0.25, 0.3) is 0 Å². The van der Waals surface area contributed by atoms with E-state index < -0.39 is 0 Å². The Hall–Kier alpha value is -0.610. The molecule has 0 aromatic rings. The highest BCUT2D eigenvalue weighted by molar-refractivity contribution is 5.76. The topological polar surface area (TPSA) is 61.4 Å². The minimum absolute atomic E-state index is 0.0374. The maximum absolute atomic E-state index is 11.1. The fourth-order valence-electron chi connectivity index (χ4n) is 2.28. The maximum Gasteiger partial charge on any atom is 0.221 e. The molecule has 1 fully saturated rings. The molecule has 0 saturated heterocycles. The van der Waals surface area contributed by atoms with Crippen molar-refractivity contribution in [1.29, 1.82) is 0 Å². The van der Waals surface area contributed by atoms with Gasteiger partial charge in [0.05, 0.1) is 6.10 Å². The van der Waals surface area contributed by atoms with Gasteiger partial charge in [0, 0.05) is 26.1 Å². The Morgan fingerprint density at radius 2 is 2.06 bits per heavy atom. The number of rotatable bonds is 6. The number of nitrogens with one attached hydrogen (secondary N) is 2. The van der Waals surface area contributed by atoms with Gasteiger partial charge in [-0.1, -0.05) is 12.8 Å². The van der Waals surface area contributed by atoms with Crippen LogP contribution in [0.3, 0.4) is 0 Å². The predicted molar refractivity (Wildman–Crippen MR) is 64.1 cm³/mol. The lowest BCUT2D eigenvalue weighted by molar-refractivity contribution is -0.121. The first-order valence-corrected chi connectivity index (χ1v) is 6.25. The molecule has 1 saturated carbocycles. The van der Waals surface area contributed by atoms with Gasteiger partial charge in [-0.2, -0.15) is 0 Å². The smallest absolute Gasteiger partial charge is 0.221 e. The van der Waals surface area contributed by atoms with E-state index in [-0.39, 0.29) is 18.1 Å². The summed E-state index contributed by atoms with van der Waals surface area (Å²) in [5.74, 6) is 0.495. The first kappa shape index (κ1) is 13.5. The Morgan fingerprint density at radius 3 is 2.62 bits per heavy atom. The van der Waals surface area contributed by atoms with Crippen molar-refractivity contribution < 1.29 is 9.90 Å². The van der Waals surface area contributed by atoms with Gasteiger partial charge in [0.2, 0.25) is 5.91 Å². The van der Waals surface area contributed by atoms with Gasteiger partial charge in [-0.05, 0) is 25.7 Å². The Bertz CT molecular complexity index is 215. The van der Waals surface area contributed by atoms with Crippen LogP contribution in [0.25, 0.3) is 0 Å². The minimum atomic E-state index is -0.255. The summed E-state index contributed by atoms with van der Waals surface area (Å²) in [5, 5.41) is 15.7. The first-order valence-electron chi connectivity index (χ1n) is 6.25. The second-order valence-electron chi connectivity index (χ2n) is 4.80. The Balaban J connectivity index is 2.15. The lowest BCUT2D eigenvalue weighted by Crippen LogP contribution is -2.39. The second kappa shape index (κ2) is 6.86. The number of aliphatic hydroxyl groups is 1. The molecule has 2 unspecified atom stereocenters. The summed E-state index contributed by atoms with van der Waals surface area (Å²) < 4.78 is 0. The molecule has 0 radical (unpaired) electrons. The van der Waals surface area contributed by atoms with Crippen LogP contribution in [0.15, 0.2) is 0 Å². The van der Waals surface area contributed by atoms with Crippen LogP contribution in [0.2, 0.25) is 0 Å². The molecule has 4 nitrogen and oxygen atoms in total. The van der Waals surface area contributed by atoms with Crippen molar-refractivity contribution in [2.75, 3.05) is 13.6 Å². The normalized spacial score (nSPS) is 20.7. The van der Waals surface area contributed by atoms with E-state index in [1.807, 2.05) is 6.92 Å². The van der Waals surface area contributed by atoms with Crippen molar-refractivity contribution in [2.24, 2.45) is 5.92 Å². The highest BCUT2D eigenvalue weighted by atomic mass is 16.3. The zero-order chi connectivity index (χ0) is 12.0. The third-order valence-electron chi connectivity index (χ3n) is 3.39. The summed E-state index contributed by atoms with van der Waals surface area (Å²) >= 11 is 0. The molecule has 0 spiro atoms. The monoisotopic (exact) mass is 228 g/mol. The third kappa shape index (κ3) is 4.49. The van der Waals surface area contributed by atoms with Gasteiger partial charge >= 0.3 is 0 Å². The SMILES string of the molecule is CNC(=O)CC(C)NCC(O)C1CCCC1. The van der Waals surface area contributed by atoms with Gasteiger partial charge in [0.1, 0.15) is 0 Å². The van der Waals surface area contributed by atoms with Gasteiger partial charge in [0.15, 0.2) is 0 Å². The van der Waals surface area contributed by atoms with Crippen molar-refractivity contribution in [3.8, 4) is 0 Å². The first-order chi connectivity index (χ1) is 7.63. The maximum atomic E-state index is 11.1. The molecule has 1 rings (SSSR count). The number of hydrogen-bond donors (Lipinski definition) is 3. The molecule has 0 heterocycles. The Kier molecular flexibility index (Phi) is 5.77. The lowest BCUT2D eigenvalue weighted by atomic mass is 10.0. The summed E-state index contributed by atoms with van der Waals surface area (Å²) in [4.78, 5) is 11.1. The molecule has 0 bridgehead atoms. The van der Waals surface area contributed by atoms with E-state index in [2.05, 4.69) is 10.6 Å². The summed E-state index contributed by atoms with van der Waals surface area (Å²) in [7, 11) is 1.64. The van der Waals surface area contributed by atoms with E-state index in [9.17, 15) is 9.90 Å². The van der Waals surface area contributed by atoms with E-state index in [0.29, 0.717) is 18.9 Å². The highest BCUT2D eigenvalue weighted by Crippen LogP contribution is 2.27. The molecule has 2 atom stereocenters. The second-order valence-corrected chi connectivity index (χ2v) is 4.80.